The highest BCUT2D eigenvalue weighted by molar-refractivity contribution is 5.82. The van der Waals surface area contributed by atoms with Crippen molar-refractivity contribution in [3.05, 3.63) is 0 Å². The van der Waals surface area contributed by atoms with Crippen LogP contribution in [0.15, 0.2) is 4.99 Å². The predicted molar refractivity (Wildman–Crippen MR) is 61.5 cm³/mol. The summed E-state index contributed by atoms with van der Waals surface area (Å²) in [5, 5.41) is 3.40. The lowest BCUT2D eigenvalue weighted by Gasteiger charge is -2.12. The summed E-state index contributed by atoms with van der Waals surface area (Å²) >= 11 is 0. The first-order chi connectivity index (χ1) is 6.72. The van der Waals surface area contributed by atoms with E-state index >= 15 is 0 Å². The van der Waals surface area contributed by atoms with E-state index in [1.807, 2.05) is 0 Å². The molecule has 2 atom stereocenters. The molecule has 0 fully saturated rings. The van der Waals surface area contributed by atoms with Crippen LogP contribution in [-0.2, 0) is 0 Å². The lowest BCUT2D eigenvalue weighted by molar-refractivity contribution is 0.521. The van der Waals surface area contributed by atoms with E-state index in [1.54, 1.807) is 0 Å². The molecule has 0 radical (unpaired) electrons. The number of hydrogen-bond acceptors (Lipinski definition) is 3. The quantitative estimate of drug-likeness (QED) is 0.718. The van der Waals surface area contributed by atoms with Crippen LogP contribution in [0.25, 0.3) is 0 Å². The van der Waals surface area contributed by atoms with Crippen molar-refractivity contribution in [1.82, 2.24) is 5.32 Å². The van der Waals surface area contributed by atoms with Gasteiger partial charge in [0.05, 0.1) is 5.84 Å². The van der Waals surface area contributed by atoms with Gasteiger partial charge < -0.3 is 11.1 Å². The molecule has 0 aromatic heterocycles. The fourth-order valence-electron chi connectivity index (χ4n) is 1.55. The number of nitrogens with one attached hydrogen (secondary N) is 1. The molecule has 3 N–H and O–H groups in total. The van der Waals surface area contributed by atoms with Crippen molar-refractivity contribution >= 4 is 5.84 Å². The van der Waals surface area contributed by atoms with E-state index in [1.165, 1.54) is 18.7 Å². The summed E-state index contributed by atoms with van der Waals surface area (Å²) in [5.74, 6) is 2.55. The van der Waals surface area contributed by atoms with E-state index in [0.29, 0.717) is 5.92 Å². The highest BCUT2D eigenvalue weighted by Crippen LogP contribution is 2.14. The fourth-order valence-corrected chi connectivity index (χ4v) is 1.55. The average molecular weight is 197 g/mol. The van der Waals surface area contributed by atoms with E-state index < -0.39 is 0 Å². The summed E-state index contributed by atoms with van der Waals surface area (Å²) in [6.07, 6.45) is 3.61. The maximum atomic E-state index is 5.56. The SMILES string of the molecule is CC1CCN=C(NCC(C)CN)CC1. The van der Waals surface area contributed by atoms with Crippen molar-refractivity contribution in [3.63, 3.8) is 0 Å². The van der Waals surface area contributed by atoms with Crippen LogP contribution in [0.4, 0.5) is 0 Å². The Kier molecular flexibility index (Phi) is 4.94. The highest BCUT2D eigenvalue weighted by atomic mass is 15.0. The van der Waals surface area contributed by atoms with Crippen molar-refractivity contribution in [1.29, 1.82) is 0 Å². The highest BCUT2D eigenvalue weighted by Gasteiger charge is 2.10. The van der Waals surface area contributed by atoms with Gasteiger partial charge in [0.15, 0.2) is 0 Å². The molecule has 1 heterocycles. The molecule has 1 aliphatic rings. The standard InChI is InChI=1S/C11H23N3/c1-9-3-4-11(13-6-5-9)14-8-10(2)7-12/h9-10H,3-8,12H2,1-2H3,(H,13,14). The molecule has 0 bridgehead atoms. The molecule has 1 aliphatic heterocycles. The topological polar surface area (TPSA) is 50.4 Å². The molecule has 0 saturated heterocycles. The van der Waals surface area contributed by atoms with Crippen LogP contribution in [0, 0.1) is 11.8 Å². The summed E-state index contributed by atoms with van der Waals surface area (Å²) in [5.41, 5.74) is 5.56. The summed E-state index contributed by atoms with van der Waals surface area (Å²) in [4.78, 5) is 4.54. The molecule has 0 spiro atoms. The zero-order chi connectivity index (χ0) is 10.4. The molecule has 0 aromatic carbocycles. The summed E-state index contributed by atoms with van der Waals surface area (Å²) in [6, 6.07) is 0. The molecule has 14 heavy (non-hydrogen) atoms. The van der Waals surface area contributed by atoms with Crippen LogP contribution in [-0.4, -0.2) is 25.5 Å². The number of amidine groups is 1. The van der Waals surface area contributed by atoms with Gasteiger partial charge in [0.1, 0.15) is 0 Å². The number of rotatable bonds is 3. The van der Waals surface area contributed by atoms with Crippen LogP contribution in [0.1, 0.15) is 33.1 Å². The molecular weight excluding hydrogens is 174 g/mol. The lowest BCUT2D eigenvalue weighted by atomic mass is 10.0. The van der Waals surface area contributed by atoms with Crippen molar-refractivity contribution in [2.45, 2.75) is 33.1 Å². The zero-order valence-electron chi connectivity index (χ0n) is 9.42. The second-order valence-corrected chi connectivity index (χ2v) is 4.48. The normalized spacial score (nSPS) is 25.1. The van der Waals surface area contributed by atoms with E-state index in [0.717, 1.165) is 32.0 Å². The van der Waals surface area contributed by atoms with Gasteiger partial charge in [0, 0.05) is 19.5 Å². The molecule has 0 saturated carbocycles. The van der Waals surface area contributed by atoms with Gasteiger partial charge in [-0.05, 0) is 31.2 Å². The van der Waals surface area contributed by atoms with Crippen LogP contribution < -0.4 is 11.1 Å². The third-order valence-corrected chi connectivity index (χ3v) is 2.86. The van der Waals surface area contributed by atoms with Gasteiger partial charge >= 0.3 is 0 Å². The average Bonchev–Trinajstić information content (AvgIpc) is 2.39. The van der Waals surface area contributed by atoms with Crippen LogP contribution >= 0.6 is 0 Å². The van der Waals surface area contributed by atoms with Crippen LogP contribution in [0.2, 0.25) is 0 Å². The van der Waals surface area contributed by atoms with Gasteiger partial charge in [-0.2, -0.15) is 0 Å². The number of aliphatic imine (C=N–C) groups is 1. The zero-order valence-corrected chi connectivity index (χ0v) is 9.42. The third-order valence-electron chi connectivity index (χ3n) is 2.86. The van der Waals surface area contributed by atoms with Crippen LogP contribution in [0.5, 0.6) is 0 Å². The number of nitrogens with two attached hydrogens (primary N) is 1. The second-order valence-electron chi connectivity index (χ2n) is 4.48. The van der Waals surface area contributed by atoms with E-state index in [9.17, 15) is 0 Å². The lowest BCUT2D eigenvalue weighted by Crippen LogP contribution is -2.31. The molecule has 0 aromatic rings. The Labute approximate surface area is 87.2 Å². The van der Waals surface area contributed by atoms with Crippen molar-refractivity contribution in [2.24, 2.45) is 22.6 Å². The van der Waals surface area contributed by atoms with Crippen molar-refractivity contribution in [3.8, 4) is 0 Å². The monoisotopic (exact) mass is 197 g/mol. The Morgan fingerprint density at radius 2 is 2.36 bits per heavy atom. The minimum Gasteiger partial charge on any atom is -0.374 e. The molecule has 3 heteroatoms. The molecular formula is C11H23N3. The molecule has 3 nitrogen and oxygen atoms in total. The maximum Gasteiger partial charge on any atom is 0.0963 e. The Hall–Kier alpha value is -0.570. The smallest absolute Gasteiger partial charge is 0.0963 e. The molecule has 82 valence electrons. The molecule has 2 unspecified atom stereocenters. The van der Waals surface area contributed by atoms with E-state index in [2.05, 4.69) is 24.2 Å². The number of hydrogen-bond donors (Lipinski definition) is 2. The van der Waals surface area contributed by atoms with Gasteiger partial charge in [-0.15, -0.1) is 0 Å². The van der Waals surface area contributed by atoms with Crippen molar-refractivity contribution in [2.75, 3.05) is 19.6 Å². The minimum atomic E-state index is 0.540. The largest absolute Gasteiger partial charge is 0.374 e. The maximum absolute atomic E-state index is 5.56. The fraction of sp³-hybridized carbons (Fsp3) is 0.909. The van der Waals surface area contributed by atoms with Gasteiger partial charge in [-0.25, -0.2) is 0 Å². The first-order valence-corrected chi connectivity index (χ1v) is 5.69. The third kappa shape index (κ3) is 4.09. The first-order valence-electron chi connectivity index (χ1n) is 5.69. The Bertz CT molecular complexity index is 189. The van der Waals surface area contributed by atoms with Crippen molar-refractivity contribution < 1.29 is 0 Å². The Morgan fingerprint density at radius 3 is 3.07 bits per heavy atom. The number of nitrogens with zero attached hydrogens (tertiary/aromatic N) is 1. The minimum absolute atomic E-state index is 0.540. The van der Waals surface area contributed by atoms with Gasteiger partial charge in [-0.1, -0.05) is 13.8 Å². The molecule has 1 rings (SSSR count). The van der Waals surface area contributed by atoms with Gasteiger partial charge in [-0.3, -0.25) is 4.99 Å². The summed E-state index contributed by atoms with van der Waals surface area (Å²) in [6.45, 7) is 7.16. The van der Waals surface area contributed by atoms with E-state index in [4.69, 9.17) is 5.73 Å². The molecule has 0 aliphatic carbocycles. The predicted octanol–water partition coefficient (Wildman–Crippen LogP) is 1.39. The second kappa shape index (κ2) is 6.02. The van der Waals surface area contributed by atoms with Gasteiger partial charge in [0.25, 0.3) is 0 Å². The first kappa shape index (κ1) is 11.5. The van der Waals surface area contributed by atoms with Gasteiger partial charge in [0.2, 0.25) is 0 Å². The molecule has 0 amide bonds. The Balaban J connectivity index is 2.26. The summed E-state index contributed by atoms with van der Waals surface area (Å²) in [7, 11) is 0. The van der Waals surface area contributed by atoms with E-state index in [-0.39, 0.29) is 0 Å². The summed E-state index contributed by atoms with van der Waals surface area (Å²) < 4.78 is 0. The Morgan fingerprint density at radius 1 is 1.57 bits per heavy atom. The van der Waals surface area contributed by atoms with Crippen LogP contribution in [0.3, 0.4) is 0 Å².